The summed E-state index contributed by atoms with van der Waals surface area (Å²) in [6, 6.07) is 16.3. The van der Waals surface area contributed by atoms with Crippen LogP contribution in [0.2, 0.25) is 5.02 Å². The van der Waals surface area contributed by atoms with E-state index < -0.39 is 10.0 Å². The molecule has 35 heavy (non-hydrogen) atoms. The minimum atomic E-state index is -3.59. The fourth-order valence-electron chi connectivity index (χ4n) is 4.52. The fraction of sp³-hybridized carbons (Fsp3) is 0.320. The van der Waals surface area contributed by atoms with Gasteiger partial charge in [0.2, 0.25) is 10.0 Å². The number of nitrogens with one attached hydrogen (secondary N) is 2. The highest BCUT2D eigenvalue weighted by molar-refractivity contribution is 7.89. The summed E-state index contributed by atoms with van der Waals surface area (Å²) in [6.07, 6.45) is 0.717. The quantitative estimate of drug-likeness (QED) is 0.470. The average molecular weight is 515 g/mol. The van der Waals surface area contributed by atoms with Gasteiger partial charge in [-0.25, -0.2) is 13.1 Å². The molecule has 2 heterocycles. The van der Waals surface area contributed by atoms with Crippen molar-refractivity contribution in [2.75, 3.05) is 56.1 Å². The van der Waals surface area contributed by atoms with Gasteiger partial charge in [0.25, 0.3) is 5.91 Å². The Labute approximate surface area is 209 Å². The van der Waals surface area contributed by atoms with Gasteiger partial charge in [-0.1, -0.05) is 29.8 Å². The molecule has 0 spiro atoms. The minimum absolute atomic E-state index is 0.0346. The molecule has 2 aliphatic heterocycles. The predicted octanol–water partition coefficient (Wildman–Crippen LogP) is 3.31. The number of piperazine rings is 1. The summed E-state index contributed by atoms with van der Waals surface area (Å²) < 4.78 is 33.9. The van der Waals surface area contributed by atoms with Crippen LogP contribution in [0.4, 0.5) is 11.4 Å². The van der Waals surface area contributed by atoms with Crippen molar-refractivity contribution in [2.45, 2.75) is 11.3 Å². The zero-order valence-corrected chi connectivity index (χ0v) is 20.7. The van der Waals surface area contributed by atoms with E-state index in [9.17, 15) is 13.2 Å². The topological polar surface area (TPSA) is 91.0 Å². The lowest BCUT2D eigenvalue weighted by atomic mass is 10.1. The number of halogens is 1. The highest BCUT2D eigenvalue weighted by atomic mass is 35.5. The molecule has 0 bridgehead atoms. The van der Waals surface area contributed by atoms with Crippen LogP contribution in [0.1, 0.15) is 6.42 Å². The third kappa shape index (κ3) is 5.38. The highest BCUT2D eigenvalue weighted by Gasteiger charge is 2.24. The normalized spacial score (nSPS) is 16.6. The molecule has 2 aliphatic rings. The smallest absolute Gasteiger partial charge is 0.262 e. The summed E-state index contributed by atoms with van der Waals surface area (Å²) >= 11 is 6.05. The predicted molar refractivity (Wildman–Crippen MR) is 138 cm³/mol. The van der Waals surface area contributed by atoms with Crippen LogP contribution in [0.15, 0.2) is 59.5 Å². The zero-order valence-electron chi connectivity index (χ0n) is 19.2. The maximum absolute atomic E-state index is 12.7. The average Bonchev–Trinajstić information content (AvgIpc) is 2.86. The van der Waals surface area contributed by atoms with Crippen LogP contribution in [0, 0.1) is 0 Å². The van der Waals surface area contributed by atoms with Crippen molar-refractivity contribution in [3.05, 3.63) is 59.6 Å². The molecule has 10 heteroatoms. The Morgan fingerprint density at radius 3 is 2.63 bits per heavy atom. The van der Waals surface area contributed by atoms with Crippen molar-refractivity contribution in [1.29, 1.82) is 0 Å². The molecule has 2 N–H and O–H groups in total. The number of carbonyl (C=O) groups excluding carboxylic acids is 1. The molecule has 1 amide bonds. The van der Waals surface area contributed by atoms with Gasteiger partial charge in [0.15, 0.2) is 12.4 Å². The first-order valence-corrected chi connectivity index (χ1v) is 13.5. The first-order chi connectivity index (χ1) is 16.9. The molecular formula is C25H27ClN4O4S. The van der Waals surface area contributed by atoms with Crippen LogP contribution in [0.3, 0.4) is 0 Å². The first-order valence-electron chi connectivity index (χ1n) is 11.6. The number of amides is 1. The number of carbonyl (C=O) groups is 1. The van der Waals surface area contributed by atoms with E-state index in [1.165, 1.54) is 0 Å². The first kappa shape index (κ1) is 23.9. The zero-order chi connectivity index (χ0) is 24.4. The van der Waals surface area contributed by atoms with E-state index in [0.717, 1.165) is 54.9 Å². The number of anilines is 2. The van der Waals surface area contributed by atoms with Crippen molar-refractivity contribution in [3.8, 4) is 5.75 Å². The van der Waals surface area contributed by atoms with E-state index in [0.29, 0.717) is 23.7 Å². The molecule has 3 aromatic rings. The lowest BCUT2D eigenvalue weighted by Crippen LogP contribution is -2.47. The van der Waals surface area contributed by atoms with Crippen molar-refractivity contribution < 1.29 is 17.9 Å². The summed E-state index contributed by atoms with van der Waals surface area (Å²) in [7, 11) is -3.59. The number of nitrogens with zero attached hydrogens (tertiary/aromatic N) is 2. The van der Waals surface area contributed by atoms with Gasteiger partial charge in [-0.05, 0) is 60.1 Å². The van der Waals surface area contributed by atoms with Gasteiger partial charge >= 0.3 is 0 Å². The van der Waals surface area contributed by atoms with Gasteiger partial charge < -0.3 is 15.0 Å². The molecule has 8 nitrogen and oxygen atoms in total. The molecule has 1 fully saturated rings. The maximum Gasteiger partial charge on any atom is 0.262 e. The number of sulfonamides is 1. The Bertz CT molecular complexity index is 1360. The third-order valence-corrected chi connectivity index (χ3v) is 8.05. The van der Waals surface area contributed by atoms with Crippen LogP contribution in [0.5, 0.6) is 5.75 Å². The van der Waals surface area contributed by atoms with Gasteiger partial charge in [0, 0.05) is 37.7 Å². The maximum atomic E-state index is 12.7. The second-order valence-corrected chi connectivity index (χ2v) is 10.9. The molecule has 184 valence electrons. The van der Waals surface area contributed by atoms with Crippen LogP contribution in [0.25, 0.3) is 10.8 Å². The Hall–Kier alpha value is -2.85. The summed E-state index contributed by atoms with van der Waals surface area (Å²) in [6.45, 7) is 4.62. The highest BCUT2D eigenvalue weighted by Crippen LogP contribution is 2.38. The minimum Gasteiger partial charge on any atom is -0.479 e. The van der Waals surface area contributed by atoms with Crippen molar-refractivity contribution in [3.63, 3.8) is 0 Å². The van der Waals surface area contributed by atoms with E-state index in [-0.39, 0.29) is 17.4 Å². The molecule has 0 aromatic heterocycles. The second-order valence-electron chi connectivity index (χ2n) is 8.72. The number of para-hydroxylation sites is 1. The number of fused-ring (bicyclic) bond motifs is 2. The molecule has 0 radical (unpaired) electrons. The molecule has 1 saturated heterocycles. The lowest BCUT2D eigenvalue weighted by Gasteiger charge is -2.37. The van der Waals surface area contributed by atoms with Crippen molar-refractivity contribution in [1.82, 2.24) is 9.62 Å². The molecule has 0 unspecified atom stereocenters. The number of rotatable bonds is 7. The van der Waals surface area contributed by atoms with Gasteiger partial charge in [-0.15, -0.1) is 0 Å². The van der Waals surface area contributed by atoms with Crippen molar-refractivity contribution in [2.24, 2.45) is 0 Å². The Kier molecular flexibility index (Phi) is 6.84. The Morgan fingerprint density at radius 1 is 1.00 bits per heavy atom. The van der Waals surface area contributed by atoms with Gasteiger partial charge in [-0.3, -0.25) is 9.69 Å². The fourth-order valence-corrected chi connectivity index (χ4v) is 5.81. The Balaban J connectivity index is 1.11. The molecule has 0 atom stereocenters. The van der Waals surface area contributed by atoms with Gasteiger partial charge in [0.1, 0.15) is 0 Å². The van der Waals surface area contributed by atoms with Crippen LogP contribution >= 0.6 is 11.6 Å². The van der Waals surface area contributed by atoms with E-state index in [1.807, 2.05) is 24.3 Å². The largest absolute Gasteiger partial charge is 0.479 e. The summed E-state index contributed by atoms with van der Waals surface area (Å²) in [4.78, 5) is 16.4. The molecule has 0 aliphatic carbocycles. The number of hydrogen-bond acceptors (Lipinski definition) is 6. The molecule has 0 saturated carbocycles. The van der Waals surface area contributed by atoms with Gasteiger partial charge in [0.05, 0.1) is 16.3 Å². The SMILES string of the molecule is O=C1COc2c(cccc2N2CCN(CCCNS(=O)(=O)c3ccc4ccc(Cl)cc4c3)CC2)N1. The number of hydrogen-bond donors (Lipinski definition) is 2. The number of benzene rings is 3. The van der Waals surface area contributed by atoms with Crippen LogP contribution in [-0.2, 0) is 14.8 Å². The molecular weight excluding hydrogens is 488 g/mol. The second kappa shape index (κ2) is 10.0. The lowest BCUT2D eigenvalue weighted by molar-refractivity contribution is -0.118. The summed E-state index contributed by atoms with van der Waals surface area (Å²) in [5, 5.41) is 5.17. The Morgan fingerprint density at radius 2 is 1.80 bits per heavy atom. The van der Waals surface area contributed by atoms with E-state index in [2.05, 4.69) is 19.8 Å². The van der Waals surface area contributed by atoms with E-state index >= 15 is 0 Å². The van der Waals surface area contributed by atoms with Crippen LogP contribution in [-0.4, -0.2) is 65.1 Å². The number of ether oxygens (including phenoxy) is 1. The summed E-state index contributed by atoms with van der Waals surface area (Å²) in [5.74, 6) is 0.589. The summed E-state index contributed by atoms with van der Waals surface area (Å²) in [5.41, 5.74) is 1.70. The van der Waals surface area contributed by atoms with E-state index in [4.69, 9.17) is 16.3 Å². The van der Waals surface area contributed by atoms with Gasteiger partial charge in [-0.2, -0.15) is 0 Å². The molecule has 3 aromatic carbocycles. The monoisotopic (exact) mass is 514 g/mol. The van der Waals surface area contributed by atoms with Crippen molar-refractivity contribution >= 4 is 49.7 Å². The standard InChI is InChI=1S/C25H27ClN4O4S/c26-20-7-5-18-6-8-21(16-19(18)15-20)35(32,33)27-9-2-10-29-11-13-30(14-12-29)23-4-1-3-22-25(23)34-17-24(31)28-22/h1,3-8,15-16,27H,2,9-14,17H2,(H,28,31). The van der Waals surface area contributed by atoms with E-state index in [1.54, 1.807) is 30.3 Å². The molecule has 5 rings (SSSR count). The van der Waals surface area contributed by atoms with Crippen LogP contribution < -0.4 is 19.7 Å². The third-order valence-electron chi connectivity index (χ3n) is 6.36.